The second kappa shape index (κ2) is 6.12. The fraction of sp³-hybridized carbons (Fsp3) is 0.200. The van der Waals surface area contributed by atoms with Crippen LogP contribution in [-0.4, -0.2) is 12.2 Å². The number of hydrogen-bond donors (Lipinski definition) is 1. The third-order valence-corrected chi connectivity index (χ3v) is 3.95. The lowest BCUT2D eigenvalue weighted by Gasteiger charge is -2.17. The van der Waals surface area contributed by atoms with Gasteiger partial charge < -0.3 is 9.84 Å². The van der Waals surface area contributed by atoms with Gasteiger partial charge in [0.25, 0.3) is 0 Å². The SMILES string of the molecule is COc1cc(F)c(Br)cc1C(O)c1ccc(C)cc1Cl. The summed E-state index contributed by atoms with van der Waals surface area (Å²) in [5.74, 6) is -0.178. The van der Waals surface area contributed by atoms with Crippen LogP contribution in [0.5, 0.6) is 5.75 Å². The quantitative estimate of drug-likeness (QED) is 0.865. The van der Waals surface area contributed by atoms with Gasteiger partial charge >= 0.3 is 0 Å². The maximum atomic E-state index is 13.5. The molecule has 0 bridgehead atoms. The Morgan fingerprint density at radius 3 is 2.55 bits per heavy atom. The predicted molar refractivity (Wildman–Crippen MR) is 80.9 cm³/mol. The molecule has 0 saturated heterocycles. The van der Waals surface area contributed by atoms with E-state index < -0.39 is 11.9 Å². The molecule has 0 aliphatic rings. The minimum atomic E-state index is -0.991. The first kappa shape index (κ1) is 15.3. The molecule has 0 heterocycles. The van der Waals surface area contributed by atoms with Gasteiger partial charge in [0.15, 0.2) is 0 Å². The summed E-state index contributed by atoms with van der Waals surface area (Å²) in [5, 5.41) is 10.9. The Morgan fingerprint density at radius 1 is 1.25 bits per heavy atom. The maximum Gasteiger partial charge on any atom is 0.141 e. The van der Waals surface area contributed by atoms with Gasteiger partial charge in [0.1, 0.15) is 17.7 Å². The van der Waals surface area contributed by atoms with E-state index in [2.05, 4.69) is 15.9 Å². The summed E-state index contributed by atoms with van der Waals surface area (Å²) in [4.78, 5) is 0. The van der Waals surface area contributed by atoms with Crippen LogP contribution in [0.2, 0.25) is 5.02 Å². The van der Waals surface area contributed by atoms with E-state index in [4.69, 9.17) is 16.3 Å². The van der Waals surface area contributed by atoms with Crippen LogP contribution in [0.1, 0.15) is 22.8 Å². The summed E-state index contributed by atoms with van der Waals surface area (Å²) in [6.45, 7) is 1.91. The number of benzene rings is 2. The molecule has 20 heavy (non-hydrogen) atoms. The van der Waals surface area contributed by atoms with Crippen molar-refractivity contribution in [3.8, 4) is 5.75 Å². The summed E-state index contributed by atoms with van der Waals surface area (Å²) in [6, 6.07) is 8.10. The first-order chi connectivity index (χ1) is 9.43. The minimum absolute atomic E-state index is 0.260. The maximum absolute atomic E-state index is 13.5. The molecule has 0 radical (unpaired) electrons. The van der Waals surface area contributed by atoms with Gasteiger partial charge in [-0.05, 0) is 40.5 Å². The molecule has 0 aliphatic carbocycles. The number of ether oxygens (including phenoxy) is 1. The van der Waals surface area contributed by atoms with E-state index in [1.165, 1.54) is 19.2 Å². The van der Waals surface area contributed by atoms with Crippen molar-refractivity contribution in [1.82, 2.24) is 0 Å². The molecule has 2 rings (SSSR count). The molecule has 0 spiro atoms. The Bertz CT molecular complexity index is 646. The molecule has 1 atom stereocenters. The molecular formula is C15H13BrClFO2. The van der Waals surface area contributed by atoms with Crippen LogP contribution in [0.15, 0.2) is 34.8 Å². The zero-order valence-corrected chi connectivity index (χ0v) is 13.3. The van der Waals surface area contributed by atoms with Gasteiger partial charge in [0, 0.05) is 22.2 Å². The molecule has 1 N–H and O–H groups in total. The number of aliphatic hydroxyl groups is 1. The third-order valence-electron chi connectivity index (χ3n) is 3.02. The van der Waals surface area contributed by atoms with Crippen molar-refractivity contribution in [3.05, 3.63) is 62.3 Å². The average Bonchev–Trinajstić information content (AvgIpc) is 2.40. The molecule has 0 amide bonds. The van der Waals surface area contributed by atoms with Crippen molar-refractivity contribution in [3.63, 3.8) is 0 Å². The van der Waals surface area contributed by atoms with E-state index in [1.807, 2.05) is 13.0 Å². The number of aryl methyl sites for hydroxylation is 1. The standard InChI is InChI=1S/C15H13BrClFO2/c1-8-3-4-9(12(17)5-8)15(19)10-6-11(16)13(18)7-14(10)20-2/h3-7,15,19H,1-2H3. The first-order valence-corrected chi connectivity index (χ1v) is 7.08. The number of hydrogen-bond acceptors (Lipinski definition) is 2. The lowest BCUT2D eigenvalue weighted by Crippen LogP contribution is -2.04. The second-order valence-corrected chi connectivity index (χ2v) is 5.70. The van der Waals surface area contributed by atoms with Gasteiger partial charge in [0.05, 0.1) is 11.6 Å². The normalized spacial score (nSPS) is 12.3. The molecule has 2 nitrogen and oxygen atoms in total. The number of methoxy groups -OCH3 is 1. The highest BCUT2D eigenvalue weighted by Crippen LogP contribution is 2.36. The smallest absolute Gasteiger partial charge is 0.141 e. The van der Waals surface area contributed by atoms with Crippen LogP contribution in [0.4, 0.5) is 4.39 Å². The first-order valence-electron chi connectivity index (χ1n) is 5.91. The lowest BCUT2D eigenvalue weighted by atomic mass is 9.99. The van der Waals surface area contributed by atoms with E-state index in [0.29, 0.717) is 16.1 Å². The monoisotopic (exact) mass is 358 g/mol. The van der Waals surface area contributed by atoms with E-state index in [-0.39, 0.29) is 10.2 Å². The van der Waals surface area contributed by atoms with E-state index in [1.54, 1.807) is 12.1 Å². The Morgan fingerprint density at radius 2 is 1.95 bits per heavy atom. The Hall–Kier alpha value is -1.10. The molecule has 2 aromatic carbocycles. The van der Waals surface area contributed by atoms with Crippen molar-refractivity contribution < 1.29 is 14.2 Å². The summed E-state index contributed by atoms with van der Waals surface area (Å²) in [5.41, 5.74) is 2.00. The average molecular weight is 360 g/mol. The zero-order valence-electron chi connectivity index (χ0n) is 11.0. The number of aliphatic hydroxyl groups excluding tert-OH is 1. The minimum Gasteiger partial charge on any atom is -0.496 e. The highest BCUT2D eigenvalue weighted by molar-refractivity contribution is 9.10. The molecule has 2 aromatic rings. The van der Waals surface area contributed by atoms with Crippen LogP contribution < -0.4 is 4.74 Å². The van der Waals surface area contributed by atoms with Gasteiger partial charge in [-0.2, -0.15) is 0 Å². The summed E-state index contributed by atoms with van der Waals surface area (Å²) in [6.07, 6.45) is -0.991. The van der Waals surface area contributed by atoms with Crippen molar-refractivity contribution in [2.75, 3.05) is 7.11 Å². The Labute approximate surface area is 130 Å². The summed E-state index contributed by atoms with van der Waals surface area (Å²) >= 11 is 9.26. The van der Waals surface area contributed by atoms with Gasteiger partial charge in [-0.3, -0.25) is 0 Å². The summed E-state index contributed by atoms with van der Waals surface area (Å²) < 4.78 is 18.9. The Balaban J connectivity index is 2.52. The zero-order chi connectivity index (χ0) is 14.9. The number of rotatable bonds is 3. The van der Waals surface area contributed by atoms with Crippen LogP contribution >= 0.6 is 27.5 Å². The Kier molecular flexibility index (Phi) is 4.68. The highest BCUT2D eigenvalue weighted by Gasteiger charge is 2.20. The fourth-order valence-electron chi connectivity index (χ4n) is 1.96. The predicted octanol–water partition coefficient (Wildman–Crippen LogP) is 4.64. The molecule has 0 fully saturated rings. The lowest BCUT2D eigenvalue weighted by molar-refractivity contribution is 0.214. The third kappa shape index (κ3) is 2.97. The van der Waals surface area contributed by atoms with Gasteiger partial charge in [-0.25, -0.2) is 4.39 Å². The van der Waals surface area contributed by atoms with E-state index >= 15 is 0 Å². The van der Waals surface area contributed by atoms with E-state index in [9.17, 15) is 9.50 Å². The molecule has 0 aromatic heterocycles. The molecule has 0 aliphatic heterocycles. The molecular weight excluding hydrogens is 347 g/mol. The van der Waals surface area contributed by atoms with Crippen molar-refractivity contribution in [1.29, 1.82) is 0 Å². The summed E-state index contributed by atoms with van der Waals surface area (Å²) in [7, 11) is 1.43. The number of halogens is 3. The van der Waals surface area contributed by atoms with Crippen LogP contribution in [-0.2, 0) is 0 Å². The van der Waals surface area contributed by atoms with Crippen LogP contribution in [0.3, 0.4) is 0 Å². The molecule has 1 unspecified atom stereocenters. The highest BCUT2D eigenvalue weighted by atomic mass is 79.9. The fourth-order valence-corrected chi connectivity index (χ4v) is 2.66. The van der Waals surface area contributed by atoms with E-state index in [0.717, 1.165) is 5.56 Å². The molecule has 5 heteroatoms. The van der Waals surface area contributed by atoms with Gasteiger partial charge in [0.2, 0.25) is 0 Å². The second-order valence-electron chi connectivity index (χ2n) is 4.44. The van der Waals surface area contributed by atoms with Crippen molar-refractivity contribution >= 4 is 27.5 Å². The van der Waals surface area contributed by atoms with Gasteiger partial charge in [-0.15, -0.1) is 0 Å². The van der Waals surface area contributed by atoms with Crippen LogP contribution in [0.25, 0.3) is 0 Å². The van der Waals surface area contributed by atoms with Crippen molar-refractivity contribution in [2.24, 2.45) is 0 Å². The van der Waals surface area contributed by atoms with Crippen LogP contribution in [0, 0.1) is 12.7 Å². The molecule has 106 valence electrons. The largest absolute Gasteiger partial charge is 0.496 e. The van der Waals surface area contributed by atoms with Gasteiger partial charge in [-0.1, -0.05) is 23.7 Å². The molecule has 0 saturated carbocycles. The topological polar surface area (TPSA) is 29.5 Å². The van der Waals surface area contributed by atoms with Crippen molar-refractivity contribution in [2.45, 2.75) is 13.0 Å².